The fraction of sp³-hybridized carbons (Fsp3) is 0.310. The molecule has 0 fully saturated rings. The number of fused-ring (bicyclic) bond motifs is 6. The Bertz CT molecular complexity index is 1110. The predicted octanol–water partition coefficient (Wildman–Crippen LogP) is 8.33. The van der Waals surface area contributed by atoms with Crippen molar-refractivity contribution >= 4 is 32.8 Å². The van der Waals surface area contributed by atoms with Crippen LogP contribution in [0.3, 0.4) is 0 Å². The molecule has 3 heterocycles. The fourth-order valence-corrected chi connectivity index (χ4v) is 3.41. The monoisotopic (exact) mass is 635 g/mol. The van der Waals surface area contributed by atoms with Crippen molar-refractivity contribution in [1.29, 1.82) is 0 Å². The summed E-state index contributed by atoms with van der Waals surface area (Å²) in [4.78, 5) is 18.4. The summed E-state index contributed by atoms with van der Waals surface area (Å²) in [6.45, 7) is 8.22. The minimum absolute atomic E-state index is 0. The molecular formula is C29H38IrN4-2. The van der Waals surface area contributed by atoms with Gasteiger partial charge in [-0.3, -0.25) is 9.97 Å². The van der Waals surface area contributed by atoms with Crippen LogP contribution in [0.5, 0.6) is 0 Å². The second-order valence-corrected chi connectivity index (χ2v) is 7.70. The Morgan fingerprint density at radius 3 is 1.26 bits per heavy atom. The van der Waals surface area contributed by atoms with Crippen molar-refractivity contribution < 1.29 is 20.1 Å². The van der Waals surface area contributed by atoms with Gasteiger partial charge in [0, 0.05) is 43.3 Å². The van der Waals surface area contributed by atoms with Gasteiger partial charge in [0.25, 0.3) is 0 Å². The number of aromatic nitrogens is 4. The first kappa shape index (κ1) is 31.5. The third-order valence-electron chi connectivity index (χ3n) is 4.99. The average molecular weight is 635 g/mol. The Morgan fingerprint density at radius 2 is 0.941 bits per heavy atom. The quantitative estimate of drug-likeness (QED) is 0.111. The number of allylic oxidation sites excluding steroid dienone is 4. The van der Waals surface area contributed by atoms with Gasteiger partial charge < -0.3 is 14.9 Å². The molecule has 0 amide bonds. The van der Waals surface area contributed by atoms with Crippen LogP contribution in [0, 0.1) is 28.7 Å². The maximum absolute atomic E-state index is 4.72. The molecule has 1 aliphatic carbocycles. The van der Waals surface area contributed by atoms with Crippen molar-refractivity contribution in [2.24, 2.45) is 0 Å². The van der Waals surface area contributed by atoms with Gasteiger partial charge in [-0.05, 0) is 63.8 Å². The zero-order valence-corrected chi connectivity index (χ0v) is 23.8. The van der Waals surface area contributed by atoms with Gasteiger partial charge in [-0.2, -0.15) is 0 Å². The molecule has 185 valence electrons. The maximum Gasteiger partial charge on any atom is 0.0992 e. The third-order valence-corrected chi connectivity index (χ3v) is 4.99. The summed E-state index contributed by atoms with van der Waals surface area (Å²) < 4.78 is 0. The molecule has 0 unspecified atom stereocenters. The number of hydrogen-bond acceptors (Lipinski definition) is 4. The zero-order valence-electron chi connectivity index (χ0n) is 21.4. The SMILES string of the molecule is C1=CCC/C=C\CC1.CCC.Cc1nc2c3cccnc3c3ncccc3c2nc1C.[CH3-].[CH3-].[Ir]. The van der Waals surface area contributed by atoms with E-state index in [1.165, 1.54) is 32.1 Å². The second-order valence-electron chi connectivity index (χ2n) is 7.70. The van der Waals surface area contributed by atoms with E-state index in [4.69, 9.17) is 9.97 Å². The average Bonchev–Trinajstić information content (AvgIpc) is 2.76. The smallest absolute Gasteiger partial charge is 0.0992 e. The summed E-state index contributed by atoms with van der Waals surface area (Å²) in [6.07, 6.45) is 18.8. The van der Waals surface area contributed by atoms with E-state index >= 15 is 0 Å². The molecule has 0 saturated carbocycles. The molecule has 1 aliphatic rings. The van der Waals surface area contributed by atoms with Crippen LogP contribution in [-0.2, 0) is 20.1 Å². The number of pyridine rings is 2. The third kappa shape index (κ3) is 7.78. The Balaban J connectivity index is 0.000000665. The molecule has 0 aliphatic heterocycles. The van der Waals surface area contributed by atoms with E-state index < -0.39 is 0 Å². The van der Waals surface area contributed by atoms with Crippen LogP contribution < -0.4 is 0 Å². The van der Waals surface area contributed by atoms with Gasteiger partial charge in [-0.25, -0.2) is 9.97 Å². The molecule has 0 spiro atoms. The van der Waals surface area contributed by atoms with Crippen molar-refractivity contribution in [3.8, 4) is 0 Å². The molecule has 0 bridgehead atoms. The topological polar surface area (TPSA) is 51.6 Å². The zero-order chi connectivity index (χ0) is 22.1. The molecule has 3 aromatic heterocycles. The Kier molecular flexibility index (Phi) is 15.0. The number of benzene rings is 1. The molecule has 5 heteroatoms. The fourth-order valence-electron chi connectivity index (χ4n) is 3.41. The molecule has 4 nitrogen and oxygen atoms in total. The second kappa shape index (κ2) is 16.2. The van der Waals surface area contributed by atoms with Gasteiger partial charge in [-0.1, -0.05) is 44.6 Å². The van der Waals surface area contributed by atoms with Crippen LogP contribution in [0.4, 0.5) is 0 Å². The van der Waals surface area contributed by atoms with Gasteiger partial charge in [0.05, 0.1) is 33.5 Å². The number of rotatable bonds is 0. The minimum Gasteiger partial charge on any atom is -0.358 e. The molecule has 0 atom stereocenters. The van der Waals surface area contributed by atoms with Crippen molar-refractivity contribution in [2.45, 2.75) is 59.8 Å². The molecule has 4 aromatic rings. The van der Waals surface area contributed by atoms with Gasteiger partial charge in [0.2, 0.25) is 0 Å². The summed E-state index contributed by atoms with van der Waals surface area (Å²) in [7, 11) is 0. The predicted molar refractivity (Wildman–Crippen MR) is 145 cm³/mol. The number of aryl methyl sites for hydroxylation is 2. The molecule has 5 rings (SSSR count). The molecule has 0 N–H and O–H groups in total. The first-order chi connectivity index (χ1) is 15.2. The van der Waals surface area contributed by atoms with Crippen LogP contribution in [0.2, 0.25) is 0 Å². The normalized spacial score (nSPS) is 12.9. The molecule has 34 heavy (non-hydrogen) atoms. The van der Waals surface area contributed by atoms with Crippen molar-refractivity contribution in [1.82, 2.24) is 19.9 Å². The van der Waals surface area contributed by atoms with Gasteiger partial charge in [-0.15, -0.1) is 0 Å². The first-order valence-corrected chi connectivity index (χ1v) is 11.2. The Morgan fingerprint density at radius 1 is 0.618 bits per heavy atom. The molecule has 1 radical (unpaired) electrons. The summed E-state index contributed by atoms with van der Waals surface area (Å²) in [5.41, 5.74) is 5.46. The molecular weight excluding hydrogens is 597 g/mol. The van der Waals surface area contributed by atoms with E-state index in [2.05, 4.69) is 48.1 Å². The van der Waals surface area contributed by atoms with E-state index in [0.717, 1.165) is 44.2 Å². The van der Waals surface area contributed by atoms with E-state index in [1.54, 1.807) is 12.4 Å². The van der Waals surface area contributed by atoms with Crippen molar-refractivity contribution in [2.75, 3.05) is 0 Å². The van der Waals surface area contributed by atoms with Gasteiger partial charge in [0.1, 0.15) is 0 Å². The van der Waals surface area contributed by atoms with Crippen LogP contribution in [0.15, 0.2) is 61.0 Å². The van der Waals surface area contributed by atoms with Crippen molar-refractivity contribution in [3.05, 3.63) is 87.2 Å². The van der Waals surface area contributed by atoms with Gasteiger partial charge >= 0.3 is 0 Å². The summed E-state index contributed by atoms with van der Waals surface area (Å²) >= 11 is 0. The number of nitrogens with zero attached hydrogens (tertiary/aromatic N) is 4. The maximum atomic E-state index is 4.72. The molecule has 1 aromatic carbocycles. The van der Waals surface area contributed by atoms with Crippen LogP contribution in [0.1, 0.15) is 57.3 Å². The van der Waals surface area contributed by atoms with Crippen LogP contribution in [0.25, 0.3) is 32.8 Å². The van der Waals surface area contributed by atoms with E-state index in [1.807, 2.05) is 38.1 Å². The van der Waals surface area contributed by atoms with E-state index in [9.17, 15) is 0 Å². The first-order valence-electron chi connectivity index (χ1n) is 11.2. The van der Waals surface area contributed by atoms with Crippen molar-refractivity contribution in [3.63, 3.8) is 0 Å². The standard InChI is InChI=1S/C16H12N4.C8H12.C3H8.2CH3.Ir/c1-9-10(2)20-16-12-6-4-8-18-14(12)13-11(15(16)19-9)5-3-7-17-13;1-2-4-6-8-7-5-3-1;1-3-2;;;/h3-8H,1-2H3;1-2,7-8H,3-6H2;3H2,1-2H3;2*1H3;/q;;;2*-1;/b;2-1-,8-7?;;;;. The summed E-state index contributed by atoms with van der Waals surface area (Å²) in [5.74, 6) is 0. The van der Waals surface area contributed by atoms with Crippen LogP contribution >= 0.6 is 0 Å². The van der Waals surface area contributed by atoms with Gasteiger partial charge in [0.15, 0.2) is 0 Å². The molecule has 0 saturated heterocycles. The summed E-state index contributed by atoms with van der Waals surface area (Å²) in [6, 6.07) is 7.91. The van der Waals surface area contributed by atoms with E-state index in [0.29, 0.717) is 0 Å². The van der Waals surface area contributed by atoms with Crippen LogP contribution in [-0.4, -0.2) is 19.9 Å². The minimum atomic E-state index is 0. The van der Waals surface area contributed by atoms with E-state index in [-0.39, 0.29) is 35.0 Å². The Hall–Kier alpha value is -2.49. The number of hydrogen-bond donors (Lipinski definition) is 0. The summed E-state index contributed by atoms with van der Waals surface area (Å²) in [5, 5.41) is 2.01. The Labute approximate surface area is 219 Å². The largest absolute Gasteiger partial charge is 0.358 e.